The molecule has 20 heavy (non-hydrogen) atoms. The molecule has 1 atom stereocenters. The van der Waals surface area contributed by atoms with Crippen molar-refractivity contribution < 1.29 is 19.1 Å². The molecule has 1 aliphatic rings. The van der Waals surface area contributed by atoms with Crippen molar-refractivity contribution in [2.24, 2.45) is 5.92 Å². The van der Waals surface area contributed by atoms with Gasteiger partial charge in [0, 0.05) is 13.1 Å². The average molecular weight is 280 g/mol. The van der Waals surface area contributed by atoms with Crippen molar-refractivity contribution in [1.29, 1.82) is 0 Å². The number of carbonyl (C=O) groups is 2. The lowest BCUT2D eigenvalue weighted by Crippen LogP contribution is -2.42. The van der Waals surface area contributed by atoms with Gasteiger partial charge < -0.3 is 10.4 Å². The third-order valence-corrected chi connectivity index (χ3v) is 3.53. The number of rotatable bonds is 4. The Morgan fingerprint density at radius 3 is 2.90 bits per heavy atom. The van der Waals surface area contributed by atoms with Crippen molar-refractivity contribution >= 4 is 17.7 Å². The lowest BCUT2D eigenvalue weighted by atomic mass is 10.1. The van der Waals surface area contributed by atoms with E-state index in [-0.39, 0.29) is 18.4 Å². The summed E-state index contributed by atoms with van der Waals surface area (Å²) in [7, 11) is 0. The highest BCUT2D eigenvalue weighted by molar-refractivity contribution is 5.94. The minimum atomic E-state index is -0.930. The van der Waals surface area contributed by atoms with Crippen molar-refractivity contribution in [1.82, 2.24) is 5.32 Å². The van der Waals surface area contributed by atoms with Gasteiger partial charge in [0.15, 0.2) is 0 Å². The molecule has 6 heteroatoms. The van der Waals surface area contributed by atoms with Gasteiger partial charge >= 0.3 is 12.0 Å². The average Bonchev–Trinajstić information content (AvgIpc) is 2.81. The number of aliphatic carboxylic acids is 1. The maximum Gasteiger partial charge on any atom is 0.321 e. The van der Waals surface area contributed by atoms with Crippen LogP contribution in [0.15, 0.2) is 18.2 Å². The number of halogens is 1. The van der Waals surface area contributed by atoms with Crippen LogP contribution in [-0.4, -0.2) is 30.2 Å². The zero-order valence-corrected chi connectivity index (χ0v) is 11.2. The number of amides is 2. The van der Waals surface area contributed by atoms with Crippen LogP contribution in [-0.2, 0) is 11.2 Å². The Bertz CT molecular complexity index is 533. The number of carboxylic acids is 1. The first-order valence-corrected chi connectivity index (χ1v) is 6.59. The molecule has 0 fully saturated rings. The Balaban J connectivity index is 2.02. The van der Waals surface area contributed by atoms with E-state index in [2.05, 4.69) is 5.32 Å². The molecule has 1 heterocycles. The van der Waals surface area contributed by atoms with Gasteiger partial charge in [-0.05, 0) is 30.5 Å². The molecule has 108 valence electrons. The zero-order valence-electron chi connectivity index (χ0n) is 11.2. The largest absolute Gasteiger partial charge is 0.481 e. The second-order valence-corrected chi connectivity index (χ2v) is 4.80. The van der Waals surface area contributed by atoms with Crippen LogP contribution < -0.4 is 10.2 Å². The smallest absolute Gasteiger partial charge is 0.321 e. The van der Waals surface area contributed by atoms with Crippen molar-refractivity contribution in [3.05, 3.63) is 29.6 Å². The standard InChI is InChI=1S/C14H17FN2O3/c1-2-9(13(18)19)8-16-14(20)17-6-5-10-3-4-11(15)7-12(10)17/h3-4,7,9H,2,5-6,8H2,1H3,(H,16,20)(H,18,19). The normalized spacial score (nSPS) is 14.8. The molecule has 2 N–H and O–H groups in total. The van der Waals surface area contributed by atoms with Crippen LogP contribution in [0.5, 0.6) is 0 Å². The Morgan fingerprint density at radius 2 is 2.25 bits per heavy atom. The molecular formula is C14H17FN2O3. The number of nitrogens with one attached hydrogen (secondary N) is 1. The Morgan fingerprint density at radius 1 is 1.50 bits per heavy atom. The molecular weight excluding hydrogens is 263 g/mol. The van der Waals surface area contributed by atoms with Crippen molar-refractivity contribution in [3.63, 3.8) is 0 Å². The van der Waals surface area contributed by atoms with Gasteiger partial charge in [0.05, 0.1) is 11.6 Å². The van der Waals surface area contributed by atoms with Crippen LogP contribution in [0, 0.1) is 11.7 Å². The zero-order chi connectivity index (χ0) is 14.7. The fourth-order valence-corrected chi connectivity index (χ4v) is 2.28. The van der Waals surface area contributed by atoms with Gasteiger partial charge in [-0.3, -0.25) is 9.69 Å². The number of carboxylic acid groups (broad SMARTS) is 1. The van der Waals surface area contributed by atoms with Gasteiger partial charge in [0.25, 0.3) is 0 Å². The first-order valence-electron chi connectivity index (χ1n) is 6.59. The third-order valence-electron chi connectivity index (χ3n) is 3.53. The predicted molar refractivity (Wildman–Crippen MR) is 72.3 cm³/mol. The molecule has 0 aliphatic carbocycles. The van der Waals surface area contributed by atoms with Gasteiger partial charge in [-0.2, -0.15) is 0 Å². The first kappa shape index (κ1) is 14.3. The topological polar surface area (TPSA) is 69.6 Å². The minimum absolute atomic E-state index is 0.0752. The lowest BCUT2D eigenvalue weighted by molar-refractivity contribution is -0.141. The number of hydrogen-bond acceptors (Lipinski definition) is 2. The van der Waals surface area contributed by atoms with Gasteiger partial charge in [0.2, 0.25) is 0 Å². The van der Waals surface area contributed by atoms with Crippen LogP contribution in [0.3, 0.4) is 0 Å². The molecule has 0 aromatic heterocycles. The highest BCUT2D eigenvalue weighted by Gasteiger charge is 2.26. The van der Waals surface area contributed by atoms with E-state index < -0.39 is 11.9 Å². The second kappa shape index (κ2) is 5.90. The number of urea groups is 1. The molecule has 0 bridgehead atoms. The SMILES string of the molecule is CCC(CNC(=O)N1CCc2ccc(F)cc21)C(=O)O. The summed E-state index contributed by atoms with van der Waals surface area (Å²) in [5, 5.41) is 11.5. The van der Waals surface area contributed by atoms with E-state index in [4.69, 9.17) is 5.11 Å². The van der Waals surface area contributed by atoms with E-state index in [0.717, 1.165) is 5.56 Å². The fourth-order valence-electron chi connectivity index (χ4n) is 2.28. The molecule has 0 spiro atoms. The van der Waals surface area contributed by atoms with Crippen molar-refractivity contribution in [3.8, 4) is 0 Å². The molecule has 1 unspecified atom stereocenters. The van der Waals surface area contributed by atoms with E-state index in [0.29, 0.717) is 25.1 Å². The monoisotopic (exact) mass is 280 g/mol. The summed E-state index contributed by atoms with van der Waals surface area (Å²) in [6, 6.07) is 3.99. The van der Waals surface area contributed by atoms with Crippen LogP contribution >= 0.6 is 0 Å². The molecule has 2 amide bonds. The van der Waals surface area contributed by atoms with Gasteiger partial charge in [-0.25, -0.2) is 9.18 Å². The molecule has 1 aliphatic heterocycles. The highest BCUT2D eigenvalue weighted by atomic mass is 19.1. The van der Waals surface area contributed by atoms with E-state index in [1.807, 2.05) is 0 Å². The van der Waals surface area contributed by atoms with E-state index in [9.17, 15) is 14.0 Å². The molecule has 0 radical (unpaired) electrons. The van der Waals surface area contributed by atoms with E-state index in [1.165, 1.54) is 17.0 Å². The number of fused-ring (bicyclic) bond motifs is 1. The number of nitrogens with zero attached hydrogens (tertiary/aromatic N) is 1. The van der Waals surface area contributed by atoms with Crippen LogP contribution in [0.25, 0.3) is 0 Å². The fraction of sp³-hybridized carbons (Fsp3) is 0.429. The van der Waals surface area contributed by atoms with Crippen molar-refractivity contribution in [2.45, 2.75) is 19.8 Å². The second-order valence-electron chi connectivity index (χ2n) is 4.80. The molecule has 0 saturated carbocycles. The number of hydrogen-bond donors (Lipinski definition) is 2. The summed E-state index contributed by atoms with van der Waals surface area (Å²) in [5.74, 6) is -1.92. The van der Waals surface area contributed by atoms with Crippen LogP contribution in [0.4, 0.5) is 14.9 Å². The Kier molecular flexibility index (Phi) is 4.22. The quantitative estimate of drug-likeness (QED) is 0.886. The molecule has 2 rings (SSSR count). The van der Waals surface area contributed by atoms with E-state index in [1.54, 1.807) is 13.0 Å². The molecule has 5 nitrogen and oxygen atoms in total. The minimum Gasteiger partial charge on any atom is -0.481 e. The van der Waals surface area contributed by atoms with Gasteiger partial charge in [0.1, 0.15) is 5.82 Å². The van der Waals surface area contributed by atoms with Crippen LogP contribution in [0.1, 0.15) is 18.9 Å². The predicted octanol–water partition coefficient (Wildman–Crippen LogP) is 2.01. The highest BCUT2D eigenvalue weighted by Crippen LogP contribution is 2.28. The molecule has 0 saturated heterocycles. The number of benzene rings is 1. The Labute approximate surface area is 116 Å². The number of carbonyl (C=O) groups excluding carboxylic acids is 1. The maximum atomic E-state index is 13.2. The van der Waals surface area contributed by atoms with Gasteiger partial charge in [-0.1, -0.05) is 13.0 Å². The molecule has 1 aromatic carbocycles. The van der Waals surface area contributed by atoms with Gasteiger partial charge in [-0.15, -0.1) is 0 Å². The summed E-state index contributed by atoms with van der Waals surface area (Å²) in [6.45, 7) is 2.31. The van der Waals surface area contributed by atoms with E-state index >= 15 is 0 Å². The lowest BCUT2D eigenvalue weighted by Gasteiger charge is -2.19. The number of anilines is 1. The third kappa shape index (κ3) is 2.89. The summed E-state index contributed by atoms with van der Waals surface area (Å²) in [4.78, 5) is 24.4. The Hall–Kier alpha value is -2.11. The summed E-state index contributed by atoms with van der Waals surface area (Å²) in [5.41, 5.74) is 1.48. The first-order chi connectivity index (χ1) is 9.52. The van der Waals surface area contributed by atoms with Crippen molar-refractivity contribution in [2.75, 3.05) is 18.0 Å². The summed E-state index contributed by atoms with van der Waals surface area (Å²) >= 11 is 0. The van der Waals surface area contributed by atoms with Crippen LogP contribution in [0.2, 0.25) is 0 Å². The molecule has 1 aromatic rings. The summed E-state index contributed by atoms with van der Waals surface area (Å²) < 4.78 is 13.2. The maximum absolute atomic E-state index is 13.2. The summed E-state index contributed by atoms with van der Waals surface area (Å²) in [6.07, 6.45) is 1.12.